The largest absolute Gasteiger partial charge is 0.378 e. The van der Waals surface area contributed by atoms with Crippen LogP contribution in [0.1, 0.15) is 51.2 Å². The molecule has 0 aromatic heterocycles. The van der Waals surface area contributed by atoms with E-state index >= 15 is 0 Å². The smallest absolute Gasteiger partial charge is 0.215 e. The van der Waals surface area contributed by atoms with Crippen LogP contribution in [0.5, 0.6) is 0 Å². The molecule has 7 nitrogen and oxygen atoms in total. The quantitative estimate of drug-likeness (QED) is 0.236. The number of aliphatic imine (C=N–C) groups is 1. The average Bonchev–Trinajstić information content (AvgIpc) is 2.70. The molecule has 1 saturated carbocycles. The zero-order chi connectivity index (χ0) is 21.5. The summed E-state index contributed by atoms with van der Waals surface area (Å²) in [5.74, 6) is 0.727. The summed E-state index contributed by atoms with van der Waals surface area (Å²) in [6.07, 6.45) is 3.40. The molecule has 0 bridgehead atoms. The lowest BCUT2D eigenvalue weighted by Crippen LogP contribution is -2.65. The van der Waals surface area contributed by atoms with Crippen LogP contribution in [0.15, 0.2) is 29.3 Å². The van der Waals surface area contributed by atoms with Crippen molar-refractivity contribution >= 4 is 40.0 Å². The van der Waals surface area contributed by atoms with Gasteiger partial charge in [0.15, 0.2) is 5.96 Å². The summed E-state index contributed by atoms with van der Waals surface area (Å²) in [6, 6.07) is 7.92. The maximum Gasteiger partial charge on any atom is 0.215 e. The lowest BCUT2D eigenvalue weighted by Gasteiger charge is -2.55. The minimum atomic E-state index is -3.28. The van der Waals surface area contributed by atoms with E-state index in [0.717, 1.165) is 43.0 Å². The van der Waals surface area contributed by atoms with Crippen molar-refractivity contribution in [1.82, 2.24) is 15.4 Å². The number of nitrogens with zero attached hydrogens (tertiary/aromatic N) is 1. The second-order valence-corrected chi connectivity index (χ2v) is 9.45. The van der Waals surface area contributed by atoms with Crippen LogP contribution in [0.25, 0.3) is 0 Å². The molecule has 0 heterocycles. The number of ether oxygens (including phenoxy) is 1. The van der Waals surface area contributed by atoms with E-state index in [2.05, 4.69) is 34.2 Å². The Morgan fingerprint density at radius 3 is 2.47 bits per heavy atom. The minimum absolute atomic E-state index is 0. The SMILES string of the molecule is CCOC1CC(NC(=NC)NCc2cccc(CS(=O)(=O)NC)c2)C1(CC)CC.I. The van der Waals surface area contributed by atoms with E-state index in [9.17, 15) is 8.42 Å². The Hall–Kier alpha value is -0.910. The van der Waals surface area contributed by atoms with Crippen molar-refractivity contribution < 1.29 is 13.2 Å². The zero-order valence-electron chi connectivity index (χ0n) is 18.7. The Kier molecular flexibility index (Phi) is 11.0. The molecule has 9 heteroatoms. The molecule has 1 aliphatic carbocycles. The van der Waals surface area contributed by atoms with Crippen LogP contribution in [0.2, 0.25) is 0 Å². The second-order valence-electron chi connectivity index (χ2n) is 7.53. The van der Waals surface area contributed by atoms with Crippen LogP contribution < -0.4 is 15.4 Å². The van der Waals surface area contributed by atoms with E-state index in [4.69, 9.17) is 4.74 Å². The first kappa shape index (κ1) is 27.1. The van der Waals surface area contributed by atoms with Crippen LogP contribution in [-0.4, -0.2) is 47.2 Å². The fourth-order valence-electron chi connectivity index (χ4n) is 4.25. The topological polar surface area (TPSA) is 91.8 Å². The standard InChI is InChI=1S/C21H36N4O3S.HI/c1-6-21(7-2)18(13-19(21)28-8-3)25-20(22-4)24-14-16-10-9-11-17(12-16)15-29(26,27)23-5;/h9-12,18-19,23H,6-8,13-15H2,1-5H3,(H2,22,24,25);1H. The summed E-state index contributed by atoms with van der Waals surface area (Å²) in [5.41, 5.74) is 1.90. The van der Waals surface area contributed by atoms with Gasteiger partial charge in [0.25, 0.3) is 0 Å². The third kappa shape index (κ3) is 6.54. The highest BCUT2D eigenvalue weighted by molar-refractivity contribution is 14.0. The van der Waals surface area contributed by atoms with Gasteiger partial charge in [-0.25, -0.2) is 13.1 Å². The van der Waals surface area contributed by atoms with Gasteiger partial charge in [-0.05, 0) is 44.4 Å². The molecule has 172 valence electrons. The number of hydrogen-bond acceptors (Lipinski definition) is 4. The Bertz CT molecular complexity index is 797. The first-order chi connectivity index (χ1) is 13.8. The van der Waals surface area contributed by atoms with Crippen molar-refractivity contribution in [2.24, 2.45) is 10.4 Å². The molecule has 0 radical (unpaired) electrons. The number of halogens is 1. The molecule has 1 aliphatic rings. The molecule has 2 atom stereocenters. The van der Waals surface area contributed by atoms with E-state index in [-0.39, 0.29) is 35.1 Å². The van der Waals surface area contributed by atoms with Gasteiger partial charge in [-0.3, -0.25) is 4.99 Å². The first-order valence-corrected chi connectivity index (χ1v) is 12.1. The van der Waals surface area contributed by atoms with Gasteiger partial charge < -0.3 is 15.4 Å². The van der Waals surface area contributed by atoms with Gasteiger partial charge in [0.1, 0.15) is 0 Å². The molecule has 0 spiro atoms. The van der Waals surface area contributed by atoms with E-state index in [0.29, 0.717) is 18.7 Å². The summed E-state index contributed by atoms with van der Waals surface area (Å²) < 4.78 is 31.9. The fraction of sp³-hybridized carbons (Fsp3) is 0.667. The second kappa shape index (κ2) is 12.2. The number of benzene rings is 1. The number of rotatable bonds is 10. The maximum absolute atomic E-state index is 11.8. The molecule has 1 aromatic carbocycles. The summed E-state index contributed by atoms with van der Waals surface area (Å²) in [4.78, 5) is 4.37. The van der Waals surface area contributed by atoms with Gasteiger partial charge in [-0.15, -0.1) is 24.0 Å². The lowest BCUT2D eigenvalue weighted by molar-refractivity contribution is -0.133. The lowest BCUT2D eigenvalue weighted by atomic mass is 9.58. The van der Waals surface area contributed by atoms with E-state index < -0.39 is 10.0 Å². The Morgan fingerprint density at radius 1 is 1.23 bits per heavy atom. The van der Waals surface area contributed by atoms with Gasteiger partial charge in [0, 0.05) is 31.7 Å². The number of guanidine groups is 1. The zero-order valence-corrected chi connectivity index (χ0v) is 21.8. The number of hydrogen-bond donors (Lipinski definition) is 3. The minimum Gasteiger partial charge on any atom is -0.378 e. The van der Waals surface area contributed by atoms with Crippen LogP contribution >= 0.6 is 24.0 Å². The Morgan fingerprint density at radius 2 is 1.90 bits per heavy atom. The molecule has 0 saturated heterocycles. The molecule has 1 fully saturated rings. The molecule has 3 N–H and O–H groups in total. The predicted molar refractivity (Wildman–Crippen MR) is 134 cm³/mol. The Balaban J connectivity index is 0.00000450. The third-order valence-corrected chi connectivity index (χ3v) is 7.46. The van der Waals surface area contributed by atoms with Gasteiger partial charge >= 0.3 is 0 Å². The molecule has 30 heavy (non-hydrogen) atoms. The highest BCUT2D eigenvalue weighted by atomic mass is 127. The van der Waals surface area contributed by atoms with Crippen molar-refractivity contribution in [3.63, 3.8) is 0 Å². The predicted octanol–water partition coefficient (Wildman–Crippen LogP) is 3.00. The summed E-state index contributed by atoms with van der Waals surface area (Å²) >= 11 is 0. The monoisotopic (exact) mass is 552 g/mol. The van der Waals surface area contributed by atoms with Crippen molar-refractivity contribution in [2.45, 2.75) is 64.5 Å². The Labute approximate surface area is 198 Å². The van der Waals surface area contributed by atoms with E-state index in [1.165, 1.54) is 7.05 Å². The molecular weight excluding hydrogens is 515 g/mol. The van der Waals surface area contributed by atoms with Crippen LogP contribution in [-0.2, 0) is 27.1 Å². The molecule has 1 aromatic rings. The normalized spacial score (nSPS) is 20.8. The highest BCUT2D eigenvalue weighted by Crippen LogP contribution is 2.48. The fourth-order valence-corrected chi connectivity index (χ4v) is 5.01. The average molecular weight is 553 g/mol. The van der Waals surface area contributed by atoms with Gasteiger partial charge in [-0.1, -0.05) is 38.1 Å². The van der Waals surface area contributed by atoms with Gasteiger partial charge in [-0.2, -0.15) is 0 Å². The maximum atomic E-state index is 11.8. The van der Waals surface area contributed by atoms with Crippen LogP contribution in [0.3, 0.4) is 0 Å². The van der Waals surface area contributed by atoms with Gasteiger partial charge in [0.2, 0.25) is 10.0 Å². The summed E-state index contributed by atoms with van der Waals surface area (Å²) in [5, 5.41) is 6.92. The van der Waals surface area contributed by atoms with Crippen molar-refractivity contribution in [3.05, 3.63) is 35.4 Å². The molecule has 2 rings (SSSR count). The third-order valence-electron chi connectivity index (χ3n) is 6.12. The van der Waals surface area contributed by atoms with E-state index in [1.54, 1.807) is 7.05 Å². The molecular formula is C21H37IN4O3S. The number of sulfonamides is 1. The number of nitrogens with one attached hydrogen (secondary N) is 3. The summed E-state index contributed by atoms with van der Waals surface area (Å²) in [7, 11) is -0.0867. The highest BCUT2D eigenvalue weighted by Gasteiger charge is 2.53. The van der Waals surface area contributed by atoms with Gasteiger partial charge in [0.05, 0.1) is 11.9 Å². The van der Waals surface area contributed by atoms with E-state index in [1.807, 2.05) is 31.2 Å². The molecule has 2 unspecified atom stereocenters. The first-order valence-electron chi connectivity index (χ1n) is 10.4. The van der Waals surface area contributed by atoms with Crippen LogP contribution in [0.4, 0.5) is 0 Å². The molecule has 0 aliphatic heterocycles. The van der Waals surface area contributed by atoms with Crippen molar-refractivity contribution in [3.8, 4) is 0 Å². The molecule has 0 amide bonds. The van der Waals surface area contributed by atoms with Crippen molar-refractivity contribution in [2.75, 3.05) is 20.7 Å². The summed E-state index contributed by atoms with van der Waals surface area (Å²) in [6.45, 7) is 7.81. The van der Waals surface area contributed by atoms with Crippen LogP contribution in [0, 0.1) is 5.41 Å². The van der Waals surface area contributed by atoms with Crippen molar-refractivity contribution in [1.29, 1.82) is 0 Å².